The van der Waals surface area contributed by atoms with Crippen LogP contribution in [-0.2, 0) is 6.54 Å². The monoisotopic (exact) mass is 414 g/mol. The van der Waals surface area contributed by atoms with E-state index in [1.807, 2.05) is 13.0 Å². The van der Waals surface area contributed by atoms with Gasteiger partial charge in [0.2, 0.25) is 0 Å². The molecule has 2 N–H and O–H groups in total. The van der Waals surface area contributed by atoms with Crippen molar-refractivity contribution in [3.8, 4) is 0 Å². The minimum absolute atomic E-state index is 0.198. The molecule has 9 heteroatoms. The summed E-state index contributed by atoms with van der Waals surface area (Å²) in [5.41, 5.74) is 2.39. The van der Waals surface area contributed by atoms with Gasteiger partial charge in [-0.1, -0.05) is 6.58 Å². The summed E-state index contributed by atoms with van der Waals surface area (Å²) in [6.07, 6.45) is 4.93. The number of carbonyl (C=O) groups excluding carboxylic acids is 1. The molecule has 0 fully saturated rings. The minimum atomic E-state index is -3.00. The summed E-state index contributed by atoms with van der Waals surface area (Å²) in [7, 11) is 0. The second-order valence-corrected chi connectivity index (χ2v) is 7.13. The molecule has 0 spiro atoms. The van der Waals surface area contributed by atoms with Crippen molar-refractivity contribution in [3.05, 3.63) is 59.7 Å². The smallest absolute Gasteiger partial charge is 0.285 e. The van der Waals surface area contributed by atoms with Crippen LogP contribution in [0.5, 0.6) is 0 Å². The number of aromatic nitrogens is 4. The number of aryl methyl sites for hydroxylation is 1. The van der Waals surface area contributed by atoms with Crippen LogP contribution >= 0.6 is 0 Å². The van der Waals surface area contributed by atoms with E-state index in [0.717, 1.165) is 11.1 Å². The molecule has 0 bridgehead atoms. The van der Waals surface area contributed by atoms with Gasteiger partial charge in [-0.25, -0.2) is 4.98 Å². The molecule has 3 rings (SSSR count). The van der Waals surface area contributed by atoms with Crippen molar-refractivity contribution in [2.24, 2.45) is 0 Å². The van der Waals surface area contributed by atoms with Gasteiger partial charge < -0.3 is 10.6 Å². The SMILES string of the molecule is C=C(C)C(F)(F)CNc1ncc(Cn2cc3c(C(=O)NCC)nccc3n2)cc1C. The number of rotatable bonds is 8. The molecule has 3 aromatic heterocycles. The Kier molecular flexibility index (Phi) is 6.09. The topological polar surface area (TPSA) is 84.7 Å². The molecule has 30 heavy (non-hydrogen) atoms. The van der Waals surface area contributed by atoms with Gasteiger partial charge in [-0.15, -0.1) is 0 Å². The van der Waals surface area contributed by atoms with Gasteiger partial charge >= 0.3 is 0 Å². The van der Waals surface area contributed by atoms with Crippen molar-refractivity contribution < 1.29 is 13.6 Å². The third-order valence-corrected chi connectivity index (χ3v) is 4.62. The molecule has 0 atom stereocenters. The fourth-order valence-corrected chi connectivity index (χ4v) is 2.94. The third kappa shape index (κ3) is 4.61. The van der Waals surface area contributed by atoms with Gasteiger partial charge in [0.15, 0.2) is 0 Å². The Bertz CT molecular complexity index is 1090. The number of nitrogens with zero attached hydrogens (tertiary/aromatic N) is 4. The summed E-state index contributed by atoms with van der Waals surface area (Å²) in [6, 6.07) is 3.61. The summed E-state index contributed by atoms with van der Waals surface area (Å²) in [6.45, 7) is 8.62. The largest absolute Gasteiger partial charge is 0.363 e. The summed E-state index contributed by atoms with van der Waals surface area (Å²) >= 11 is 0. The van der Waals surface area contributed by atoms with Crippen LogP contribution in [0.4, 0.5) is 14.6 Å². The van der Waals surface area contributed by atoms with E-state index < -0.39 is 12.5 Å². The van der Waals surface area contributed by atoms with Crippen molar-refractivity contribution in [1.82, 2.24) is 25.1 Å². The predicted molar refractivity (Wildman–Crippen MR) is 112 cm³/mol. The van der Waals surface area contributed by atoms with Crippen LogP contribution in [0.1, 0.15) is 35.5 Å². The van der Waals surface area contributed by atoms with E-state index in [0.29, 0.717) is 35.5 Å². The van der Waals surface area contributed by atoms with Crippen LogP contribution in [-0.4, -0.2) is 44.7 Å². The third-order valence-electron chi connectivity index (χ3n) is 4.62. The van der Waals surface area contributed by atoms with Crippen LogP contribution in [0.2, 0.25) is 0 Å². The maximum Gasteiger partial charge on any atom is 0.285 e. The molecule has 0 aliphatic carbocycles. The second-order valence-electron chi connectivity index (χ2n) is 7.13. The molecule has 0 aliphatic heterocycles. The van der Waals surface area contributed by atoms with E-state index in [-0.39, 0.29) is 11.5 Å². The first-order valence-electron chi connectivity index (χ1n) is 9.55. The Balaban J connectivity index is 1.77. The predicted octanol–water partition coefficient (Wildman–Crippen LogP) is 3.56. The standard InChI is InChI=1S/C21H24F2N6O/c1-5-24-20(30)18-16-11-29(28-17(16)6-7-25-18)10-15-8-14(4)19(26-9-15)27-12-21(22,23)13(2)3/h6-9,11H,2,5,10,12H2,1,3-4H3,(H,24,30)(H,26,27). The van der Waals surface area contributed by atoms with Gasteiger partial charge in [0.1, 0.15) is 11.5 Å². The van der Waals surface area contributed by atoms with Crippen LogP contribution < -0.4 is 10.6 Å². The van der Waals surface area contributed by atoms with E-state index in [9.17, 15) is 13.6 Å². The second kappa shape index (κ2) is 8.56. The number of carbonyl (C=O) groups is 1. The molecule has 7 nitrogen and oxygen atoms in total. The molecule has 3 aromatic rings. The van der Waals surface area contributed by atoms with Crippen molar-refractivity contribution in [2.45, 2.75) is 33.2 Å². The Morgan fingerprint density at radius 1 is 1.33 bits per heavy atom. The highest BCUT2D eigenvalue weighted by molar-refractivity contribution is 6.04. The van der Waals surface area contributed by atoms with Crippen molar-refractivity contribution in [1.29, 1.82) is 0 Å². The summed E-state index contributed by atoms with van der Waals surface area (Å²) in [5, 5.41) is 10.6. The molecule has 1 amide bonds. The number of fused-ring (bicyclic) bond motifs is 1. The highest BCUT2D eigenvalue weighted by atomic mass is 19.3. The summed E-state index contributed by atoms with van der Waals surface area (Å²) in [4.78, 5) is 20.6. The van der Waals surface area contributed by atoms with Crippen LogP contribution in [0.25, 0.3) is 10.9 Å². The zero-order valence-corrected chi connectivity index (χ0v) is 17.2. The highest BCUT2D eigenvalue weighted by Crippen LogP contribution is 2.24. The van der Waals surface area contributed by atoms with Crippen molar-refractivity contribution in [2.75, 3.05) is 18.4 Å². The summed E-state index contributed by atoms with van der Waals surface area (Å²) in [5.74, 6) is -2.85. The van der Waals surface area contributed by atoms with Crippen LogP contribution in [0, 0.1) is 6.92 Å². The maximum atomic E-state index is 13.7. The Morgan fingerprint density at radius 3 is 2.77 bits per heavy atom. The highest BCUT2D eigenvalue weighted by Gasteiger charge is 2.29. The van der Waals surface area contributed by atoms with E-state index in [2.05, 4.69) is 32.3 Å². The Labute approximate surface area is 173 Å². The molecule has 0 saturated heterocycles. The number of anilines is 1. The van der Waals surface area contributed by atoms with Crippen LogP contribution in [0.3, 0.4) is 0 Å². The average molecular weight is 414 g/mol. The van der Waals surface area contributed by atoms with Crippen molar-refractivity contribution >= 4 is 22.6 Å². The Hall–Kier alpha value is -3.36. The van der Waals surface area contributed by atoms with Gasteiger partial charge in [-0.3, -0.25) is 14.5 Å². The maximum absolute atomic E-state index is 13.7. The molecule has 0 saturated carbocycles. The summed E-state index contributed by atoms with van der Waals surface area (Å²) < 4.78 is 29.2. The van der Waals surface area contributed by atoms with Crippen molar-refractivity contribution in [3.63, 3.8) is 0 Å². The first-order valence-corrected chi connectivity index (χ1v) is 9.55. The first kappa shape index (κ1) is 21.4. The quantitative estimate of drug-likeness (QED) is 0.551. The van der Waals surface area contributed by atoms with E-state index in [1.165, 1.54) is 6.92 Å². The molecule has 0 radical (unpaired) electrons. The molecule has 0 aromatic carbocycles. The van der Waals surface area contributed by atoms with Gasteiger partial charge in [0.05, 0.1) is 24.0 Å². The van der Waals surface area contributed by atoms with Gasteiger partial charge in [-0.2, -0.15) is 13.9 Å². The average Bonchev–Trinajstić information content (AvgIpc) is 3.09. The number of pyridine rings is 2. The number of nitrogens with one attached hydrogen (secondary N) is 2. The lowest BCUT2D eigenvalue weighted by molar-refractivity contribution is 0.0568. The van der Waals surface area contributed by atoms with Gasteiger partial charge in [0, 0.05) is 25.1 Å². The van der Waals surface area contributed by atoms with E-state index in [4.69, 9.17) is 0 Å². The number of hydrogen-bond acceptors (Lipinski definition) is 5. The van der Waals surface area contributed by atoms with Gasteiger partial charge in [0.25, 0.3) is 11.8 Å². The molecular formula is C21H24F2N6O. The molecule has 0 aliphatic rings. The fraction of sp³-hybridized carbons (Fsp3) is 0.333. The number of hydrogen-bond donors (Lipinski definition) is 2. The van der Waals surface area contributed by atoms with Gasteiger partial charge in [-0.05, 0) is 49.6 Å². The van der Waals surface area contributed by atoms with E-state index in [1.54, 1.807) is 36.3 Å². The molecule has 0 unspecified atom stereocenters. The number of amides is 1. The van der Waals surface area contributed by atoms with E-state index >= 15 is 0 Å². The fourth-order valence-electron chi connectivity index (χ4n) is 2.94. The lowest BCUT2D eigenvalue weighted by Gasteiger charge is -2.18. The minimum Gasteiger partial charge on any atom is -0.363 e. The first-order chi connectivity index (χ1) is 14.2. The number of alkyl halides is 2. The van der Waals surface area contributed by atoms with Crippen LogP contribution in [0.15, 0.2) is 42.9 Å². The lowest BCUT2D eigenvalue weighted by atomic mass is 10.1. The molecule has 158 valence electrons. The lowest BCUT2D eigenvalue weighted by Crippen LogP contribution is -2.28. The normalized spacial score (nSPS) is 11.5. The Morgan fingerprint density at radius 2 is 2.10 bits per heavy atom. The zero-order chi connectivity index (χ0) is 21.9. The zero-order valence-electron chi connectivity index (χ0n) is 17.2. The number of halogens is 2. The molecular weight excluding hydrogens is 390 g/mol. The molecule has 3 heterocycles.